The second-order valence-electron chi connectivity index (χ2n) is 18.1. The zero-order valence-corrected chi connectivity index (χ0v) is 41.0. The number of sulfonamides is 1. The van der Waals surface area contributed by atoms with Gasteiger partial charge in [-0.2, -0.15) is 0 Å². The second-order valence-corrected chi connectivity index (χ2v) is 19.9. The van der Waals surface area contributed by atoms with E-state index in [1.54, 1.807) is 20.3 Å². The van der Waals surface area contributed by atoms with Gasteiger partial charge in [0.05, 0.1) is 24.5 Å². The van der Waals surface area contributed by atoms with Crippen LogP contribution < -0.4 is 29.1 Å². The molecule has 2 N–H and O–H groups in total. The van der Waals surface area contributed by atoms with Crippen LogP contribution in [0, 0.1) is 6.92 Å². The highest BCUT2D eigenvalue weighted by Gasteiger charge is 2.36. The standard InChI is InChI=1S/C57H66N4O5S/c1-39-33-52(65-7)56-47(27-19-29-51(56)64-6)54(39)49-35-44(36-58-31-16-8-9-17-32-59-67(62,63)53-30-20-25-45-46(53)26-18-28-50(45)60(4)5)48-34-40(2)61(37-42-21-12-10-13-22-42)41(3)55(48)57(49)66-38-43-23-14-11-15-24-43/h10-15,18-30,33,35,40-41,58-59H,8-9,16-17,31-32,34,36-38H2,1-7H3/t40-,41-/m1/s1. The number of hydrogen-bond acceptors (Lipinski definition) is 8. The Morgan fingerprint density at radius 2 is 1.37 bits per heavy atom. The van der Waals surface area contributed by atoms with Crippen LogP contribution in [0.4, 0.5) is 5.69 Å². The largest absolute Gasteiger partial charge is 0.496 e. The molecule has 350 valence electrons. The zero-order valence-electron chi connectivity index (χ0n) is 40.2. The van der Waals surface area contributed by atoms with E-state index in [1.807, 2.05) is 61.5 Å². The lowest BCUT2D eigenvalue weighted by atomic mass is 9.81. The Labute approximate surface area is 398 Å². The van der Waals surface area contributed by atoms with Crippen LogP contribution in [0.25, 0.3) is 32.7 Å². The maximum absolute atomic E-state index is 13.5. The first-order valence-electron chi connectivity index (χ1n) is 23.7. The Morgan fingerprint density at radius 1 is 0.716 bits per heavy atom. The van der Waals surface area contributed by atoms with Gasteiger partial charge < -0.3 is 24.4 Å². The second kappa shape index (κ2) is 21.4. The van der Waals surface area contributed by atoms with Crippen molar-refractivity contribution in [3.05, 3.63) is 161 Å². The van der Waals surface area contributed by atoms with Gasteiger partial charge in [-0.05, 0) is 116 Å². The maximum atomic E-state index is 13.5. The average molecular weight is 919 g/mol. The Balaban J connectivity index is 1.05. The quantitative estimate of drug-likeness (QED) is 0.0731. The molecular formula is C57H66N4O5S. The summed E-state index contributed by atoms with van der Waals surface area (Å²) in [5, 5.41) is 7.48. The number of anilines is 1. The maximum Gasteiger partial charge on any atom is 0.241 e. The first-order chi connectivity index (χ1) is 32.5. The molecule has 0 saturated heterocycles. The normalized spacial score (nSPS) is 15.1. The van der Waals surface area contributed by atoms with Gasteiger partial charge in [0.15, 0.2) is 0 Å². The molecule has 1 heterocycles. The number of methoxy groups -OCH3 is 2. The number of fused-ring (bicyclic) bond motifs is 3. The number of unbranched alkanes of at least 4 members (excludes halogenated alkanes) is 3. The molecule has 67 heavy (non-hydrogen) atoms. The fourth-order valence-electron chi connectivity index (χ4n) is 10.1. The van der Waals surface area contributed by atoms with E-state index < -0.39 is 10.0 Å². The Bertz CT molecular complexity index is 2920. The lowest BCUT2D eigenvalue weighted by Gasteiger charge is -2.42. The molecule has 0 saturated carbocycles. The minimum atomic E-state index is -3.67. The van der Waals surface area contributed by atoms with Crippen molar-refractivity contribution >= 4 is 37.3 Å². The van der Waals surface area contributed by atoms with Crippen molar-refractivity contribution in [3.8, 4) is 28.4 Å². The van der Waals surface area contributed by atoms with E-state index in [0.717, 1.165) is 112 Å². The van der Waals surface area contributed by atoms with Crippen LogP contribution in [0.1, 0.15) is 79.0 Å². The third-order valence-electron chi connectivity index (χ3n) is 13.4. The summed E-state index contributed by atoms with van der Waals surface area (Å²) in [5.41, 5.74) is 10.5. The summed E-state index contributed by atoms with van der Waals surface area (Å²) in [6, 6.07) is 43.6. The SMILES string of the molecule is COc1cccc2c(-c3cc(CNCCCCCCNS(=O)(=O)c4cccc5c(N(C)C)cccc45)c4c(c3OCc3ccccc3)[C@@H](C)N(Cc3ccccc3)[C@H](C)C4)c(C)cc(OC)c12. The summed E-state index contributed by atoms with van der Waals surface area (Å²) in [6.45, 7) is 10.1. The molecule has 0 amide bonds. The van der Waals surface area contributed by atoms with Gasteiger partial charge in [-0.1, -0.05) is 110 Å². The minimum absolute atomic E-state index is 0.0661. The number of ether oxygens (including phenoxy) is 3. The summed E-state index contributed by atoms with van der Waals surface area (Å²) in [5.74, 6) is 2.46. The fraction of sp³-hybridized carbons (Fsp3) is 0.333. The molecule has 0 fully saturated rings. The van der Waals surface area contributed by atoms with Crippen molar-refractivity contribution in [2.45, 2.75) is 89.6 Å². The molecule has 0 bridgehead atoms. The number of rotatable bonds is 20. The topological polar surface area (TPSA) is 92.4 Å². The Hall–Kier alpha value is -5.91. The van der Waals surface area contributed by atoms with Gasteiger partial charge in [0.25, 0.3) is 0 Å². The van der Waals surface area contributed by atoms with Gasteiger partial charge in [0, 0.05) is 73.4 Å². The number of benzene rings is 7. The molecule has 0 radical (unpaired) electrons. The predicted octanol–water partition coefficient (Wildman–Crippen LogP) is 11.8. The summed E-state index contributed by atoms with van der Waals surface area (Å²) in [6.07, 6.45) is 4.57. The van der Waals surface area contributed by atoms with E-state index in [2.05, 4.69) is 115 Å². The average Bonchev–Trinajstić information content (AvgIpc) is 3.34. The van der Waals surface area contributed by atoms with Crippen molar-refractivity contribution < 1.29 is 22.6 Å². The molecule has 0 unspecified atom stereocenters. The zero-order chi connectivity index (χ0) is 47.1. The first-order valence-corrected chi connectivity index (χ1v) is 25.2. The van der Waals surface area contributed by atoms with Gasteiger partial charge in [-0.3, -0.25) is 4.90 Å². The van der Waals surface area contributed by atoms with Crippen LogP contribution in [0.5, 0.6) is 17.2 Å². The number of nitrogens with zero attached hydrogens (tertiary/aromatic N) is 2. The van der Waals surface area contributed by atoms with E-state index in [9.17, 15) is 8.42 Å². The van der Waals surface area contributed by atoms with Gasteiger partial charge in [0.2, 0.25) is 10.0 Å². The van der Waals surface area contributed by atoms with E-state index in [1.165, 1.54) is 22.3 Å². The lowest BCUT2D eigenvalue weighted by Crippen LogP contribution is -2.41. The van der Waals surface area contributed by atoms with Crippen LogP contribution in [-0.2, 0) is 36.1 Å². The highest BCUT2D eigenvalue weighted by Crippen LogP contribution is 2.50. The number of nitrogens with one attached hydrogen (secondary N) is 2. The summed E-state index contributed by atoms with van der Waals surface area (Å²) >= 11 is 0. The van der Waals surface area contributed by atoms with E-state index >= 15 is 0 Å². The summed E-state index contributed by atoms with van der Waals surface area (Å²) < 4.78 is 49.0. The van der Waals surface area contributed by atoms with Crippen molar-refractivity contribution in [3.63, 3.8) is 0 Å². The third-order valence-corrected chi connectivity index (χ3v) is 15.0. The highest BCUT2D eigenvalue weighted by atomic mass is 32.2. The van der Waals surface area contributed by atoms with Crippen LogP contribution >= 0.6 is 0 Å². The van der Waals surface area contributed by atoms with Gasteiger partial charge in [-0.25, -0.2) is 13.1 Å². The molecule has 8 rings (SSSR count). The number of aryl methyl sites for hydroxylation is 1. The fourth-order valence-corrected chi connectivity index (χ4v) is 11.4. The van der Waals surface area contributed by atoms with E-state index in [-0.39, 0.29) is 6.04 Å². The molecule has 1 aliphatic heterocycles. The molecule has 0 aliphatic carbocycles. The van der Waals surface area contributed by atoms with Crippen LogP contribution in [0.3, 0.4) is 0 Å². The molecule has 0 aromatic heterocycles. The minimum Gasteiger partial charge on any atom is -0.496 e. The van der Waals surface area contributed by atoms with Crippen molar-refractivity contribution in [2.24, 2.45) is 0 Å². The van der Waals surface area contributed by atoms with E-state index in [0.29, 0.717) is 30.6 Å². The molecule has 9 nitrogen and oxygen atoms in total. The van der Waals surface area contributed by atoms with Gasteiger partial charge >= 0.3 is 0 Å². The van der Waals surface area contributed by atoms with Crippen LogP contribution in [-0.4, -0.2) is 60.8 Å². The molecular weight excluding hydrogens is 853 g/mol. The lowest BCUT2D eigenvalue weighted by molar-refractivity contribution is 0.125. The predicted molar refractivity (Wildman–Crippen MR) is 275 cm³/mol. The van der Waals surface area contributed by atoms with Crippen molar-refractivity contribution in [1.29, 1.82) is 0 Å². The summed E-state index contributed by atoms with van der Waals surface area (Å²) in [7, 11) is 3.71. The summed E-state index contributed by atoms with van der Waals surface area (Å²) in [4.78, 5) is 4.95. The monoisotopic (exact) mass is 918 g/mol. The molecule has 2 atom stereocenters. The third kappa shape index (κ3) is 10.3. The molecule has 7 aromatic carbocycles. The molecule has 10 heteroatoms. The van der Waals surface area contributed by atoms with E-state index in [4.69, 9.17) is 14.2 Å². The van der Waals surface area contributed by atoms with Crippen molar-refractivity contribution in [1.82, 2.24) is 14.9 Å². The molecule has 0 spiro atoms. The highest BCUT2D eigenvalue weighted by molar-refractivity contribution is 7.89. The molecule has 7 aromatic rings. The van der Waals surface area contributed by atoms with Crippen LogP contribution in [0.2, 0.25) is 0 Å². The van der Waals surface area contributed by atoms with Gasteiger partial charge in [0.1, 0.15) is 23.9 Å². The smallest absolute Gasteiger partial charge is 0.241 e. The Morgan fingerprint density at radius 3 is 2.09 bits per heavy atom. The van der Waals surface area contributed by atoms with Crippen LogP contribution in [0.15, 0.2) is 132 Å². The first kappa shape index (κ1) is 47.6. The Kier molecular flexibility index (Phi) is 15.2. The van der Waals surface area contributed by atoms with Gasteiger partial charge in [-0.15, -0.1) is 0 Å². The number of hydrogen-bond donors (Lipinski definition) is 2. The van der Waals surface area contributed by atoms with Crippen molar-refractivity contribution in [2.75, 3.05) is 46.3 Å². The molecule has 1 aliphatic rings.